The van der Waals surface area contributed by atoms with Crippen molar-refractivity contribution in [2.24, 2.45) is 0 Å². The van der Waals surface area contributed by atoms with Crippen molar-refractivity contribution in [1.82, 2.24) is 9.03 Å². The van der Waals surface area contributed by atoms with Crippen molar-refractivity contribution in [2.45, 2.75) is 57.2 Å². The van der Waals surface area contributed by atoms with Gasteiger partial charge < -0.3 is 9.84 Å². The van der Waals surface area contributed by atoms with Gasteiger partial charge in [0.25, 0.3) is 10.2 Å². The molecule has 0 saturated carbocycles. The summed E-state index contributed by atoms with van der Waals surface area (Å²) < 4.78 is 33.9. The molecule has 3 unspecified atom stereocenters. The van der Waals surface area contributed by atoms with Gasteiger partial charge in [0, 0.05) is 19.2 Å². The molecule has 7 nitrogen and oxygen atoms in total. The number of nitrogens with one attached hydrogen (secondary N) is 1. The predicted octanol–water partition coefficient (Wildman–Crippen LogP) is 0.327. The monoisotopic (exact) mass is 306 g/mol. The average Bonchev–Trinajstić information content (AvgIpc) is 2.38. The lowest BCUT2D eigenvalue weighted by Gasteiger charge is -2.34. The number of piperidine rings is 1. The normalized spacial score (nSPS) is 33.0. The summed E-state index contributed by atoms with van der Waals surface area (Å²) in [6, 6.07) is -1.13. The minimum absolute atomic E-state index is 0.0214. The summed E-state index contributed by atoms with van der Waals surface area (Å²) in [4.78, 5) is 11.2. The number of rotatable bonds is 4. The molecule has 2 aliphatic heterocycles. The molecule has 116 valence electrons. The fourth-order valence-corrected chi connectivity index (χ4v) is 4.49. The molecule has 2 heterocycles. The van der Waals surface area contributed by atoms with E-state index in [1.807, 2.05) is 6.92 Å². The summed E-state index contributed by atoms with van der Waals surface area (Å²) >= 11 is 0. The third kappa shape index (κ3) is 3.69. The summed E-state index contributed by atoms with van der Waals surface area (Å²) in [5, 5.41) is 9.17. The lowest BCUT2D eigenvalue weighted by atomic mass is 10.1. The predicted molar refractivity (Wildman–Crippen MR) is 72.5 cm³/mol. The van der Waals surface area contributed by atoms with Crippen LogP contribution in [-0.4, -0.2) is 55.1 Å². The number of hydrogen-bond donors (Lipinski definition) is 2. The Balaban J connectivity index is 2.06. The topological polar surface area (TPSA) is 95.9 Å². The second kappa shape index (κ2) is 6.38. The quantitative estimate of drug-likeness (QED) is 0.780. The van der Waals surface area contributed by atoms with Crippen LogP contribution < -0.4 is 4.72 Å². The molecule has 0 aliphatic carbocycles. The van der Waals surface area contributed by atoms with Crippen LogP contribution in [0.2, 0.25) is 0 Å². The zero-order valence-electron chi connectivity index (χ0n) is 11.6. The third-order valence-corrected chi connectivity index (χ3v) is 5.53. The van der Waals surface area contributed by atoms with Crippen LogP contribution in [0.15, 0.2) is 0 Å². The van der Waals surface area contributed by atoms with Crippen molar-refractivity contribution < 1.29 is 23.1 Å². The highest BCUT2D eigenvalue weighted by atomic mass is 32.2. The summed E-state index contributed by atoms with van der Waals surface area (Å²) in [6.45, 7) is 2.70. The molecular weight excluding hydrogens is 284 g/mol. The Kier molecular flexibility index (Phi) is 5.00. The molecule has 2 saturated heterocycles. The molecule has 0 amide bonds. The van der Waals surface area contributed by atoms with E-state index in [0.717, 1.165) is 10.7 Å². The van der Waals surface area contributed by atoms with E-state index in [1.165, 1.54) is 0 Å². The first-order valence-corrected chi connectivity index (χ1v) is 8.47. The van der Waals surface area contributed by atoms with Crippen molar-refractivity contribution in [3.05, 3.63) is 0 Å². The summed E-state index contributed by atoms with van der Waals surface area (Å²) in [5.74, 6) is -1.07. The summed E-state index contributed by atoms with van der Waals surface area (Å²) in [5.41, 5.74) is 0. The third-order valence-electron chi connectivity index (χ3n) is 3.85. The lowest BCUT2D eigenvalue weighted by molar-refractivity contribution is -0.142. The molecule has 3 atom stereocenters. The van der Waals surface area contributed by atoms with Crippen LogP contribution in [0.1, 0.15) is 39.0 Å². The second-order valence-corrected chi connectivity index (χ2v) is 7.14. The minimum Gasteiger partial charge on any atom is -0.480 e. The Morgan fingerprint density at radius 1 is 1.35 bits per heavy atom. The second-order valence-electron chi connectivity index (χ2n) is 5.49. The minimum atomic E-state index is -3.75. The van der Waals surface area contributed by atoms with Crippen LogP contribution in [0.25, 0.3) is 0 Å². The SMILES string of the molecule is CC1CC(NS(=O)(=O)N2CCCCC2C(=O)O)CCO1. The molecule has 2 aliphatic rings. The zero-order chi connectivity index (χ0) is 14.8. The van der Waals surface area contributed by atoms with Crippen LogP contribution in [0.4, 0.5) is 0 Å². The van der Waals surface area contributed by atoms with Gasteiger partial charge in [0.05, 0.1) is 6.10 Å². The molecule has 0 spiro atoms. The first-order chi connectivity index (χ1) is 9.40. The molecule has 0 aromatic heterocycles. The number of carbonyl (C=O) groups is 1. The molecule has 0 bridgehead atoms. The van der Waals surface area contributed by atoms with Crippen LogP contribution in [0, 0.1) is 0 Å². The molecule has 2 rings (SSSR count). The molecular formula is C12H22N2O5S. The van der Waals surface area contributed by atoms with Gasteiger partial charge in [-0.05, 0) is 39.0 Å². The average molecular weight is 306 g/mol. The number of carboxylic acids is 1. The van der Waals surface area contributed by atoms with Gasteiger partial charge in [0.15, 0.2) is 0 Å². The molecule has 2 N–H and O–H groups in total. The highest BCUT2D eigenvalue weighted by Gasteiger charge is 2.38. The van der Waals surface area contributed by atoms with Crippen LogP contribution in [0.3, 0.4) is 0 Å². The molecule has 0 aromatic carbocycles. The molecule has 20 heavy (non-hydrogen) atoms. The summed E-state index contributed by atoms with van der Waals surface area (Å²) in [7, 11) is -3.75. The number of hydrogen-bond acceptors (Lipinski definition) is 4. The first-order valence-electron chi connectivity index (χ1n) is 7.03. The Morgan fingerprint density at radius 3 is 2.75 bits per heavy atom. The van der Waals surface area contributed by atoms with Crippen LogP contribution in [-0.2, 0) is 19.7 Å². The van der Waals surface area contributed by atoms with Gasteiger partial charge in [-0.25, -0.2) is 0 Å². The van der Waals surface area contributed by atoms with Gasteiger partial charge in [0.2, 0.25) is 0 Å². The molecule has 8 heteroatoms. The number of aliphatic carboxylic acids is 1. The van der Waals surface area contributed by atoms with Gasteiger partial charge >= 0.3 is 5.97 Å². The molecule has 0 aromatic rings. The van der Waals surface area contributed by atoms with E-state index in [2.05, 4.69) is 4.72 Å². The van der Waals surface area contributed by atoms with Gasteiger partial charge in [-0.15, -0.1) is 0 Å². The highest BCUT2D eigenvalue weighted by Crippen LogP contribution is 2.22. The van der Waals surface area contributed by atoms with Crippen molar-refractivity contribution in [2.75, 3.05) is 13.2 Å². The Labute approximate surface area is 119 Å². The standard InChI is InChI=1S/C12H22N2O5S/c1-9-8-10(5-7-19-9)13-20(17,18)14-6-3-2-4-11(14)12(15)16/h9-11,13H,2-8H2,1H3,(H,15,16). The van der Waals surface area contributed by atoms with Gasteiger partial charge in [0.1, 0.15) is 6.04 Å². The fourth-order valence-electron chi connectivity index (χ4n) is 2.82. The van der Waals surface area contributed by atoms with Gasteiger partial charge in [-0.2, -0.15) is 17.4 Å². The van der Waals surface area contributed by atoms with E-state index in [4.69, 9.17) is 9.84 Å². The fraction of sp³-hybridized carbons (Fsp3) is 0.917. The van der Waals surface area contributed by atoms with Gasteiger partial charge in [-0.1, -0.05) is 0 Å². The maximum Gasteiger partial charge on any atom is 0.322 e. The van der Waals surface area contributed by atoms with E-state index >= 15 is 0 Å². The van der Waals surface area contributed by atoms with Crippen molar-refractivity contribution in [1.29, 1.82) is 0 Å². The van der Waals surface area contributed by atoms with E-state index < -0.39 is 22.2 Å². The van der Waals surface area contributed by atoms with Crippen LogP contribution in [0.5, 0.6) is 0 Å². The van der Waals surface area contributed by atoms with Gasteiger partial charge in [-0.3, -0.25) is 4.79 Å². The summed E-state index contributed by atoms with van der Waals surface area (Å²) in [6.07, 6.45) is 3.08. The highest BCUT2D eigenvalue weighted by molar-refractivity contribution is 7.87. The van der Waals surface area contributed by atoms with Crippen molar-refractivity contribution in [3.8, 4) is 0 Å². The lowest BCUT2D eigenvalue weighted by Crippen LogP contribution is -2.55. The van der Waals surface area contributed by atoms with E-state index in [9.17, 15) is 13.2 Å². The Bertz CT molecular complexity index is 453. The number of nitrogens with zero attached hydrogens (tertiary/aromatic N) is 1. The maximum atomic E-state index is 12.4. The molecule has 0 radical (unpaired) electrons. The Hall–Kier alpha value is -0.700. The van der Waals surface area contributed by atoms with Crippen LogP contribution >= 0.6 is 0 Å². The smallest absolute Gasteiger partial charge is 0.322 e. The van der Waals surface area contributed by atoms with E-state index in [1.54, 1.807) is 0 Å². The van der Waals surface area contributed by atoms with E-state index in [-0.39, 0.29) is 18.7 Å². The van der Waals surface area contributed by atoms with E-state index in [0.29, 0.717) is 32.3 Å². The molecule has 2 fully saturated rings. The first kappa shape index (κ1) is 15.7. The Morgan fingerprint density at radius 2 is 2.10 bits per heavy atom. The zero-order valence-corrected chi connectivity index (χ0v) is 12.4. The maximum absolute atomic E-state index is 12.4. The van der Waals surface area contributed by atoms with Crippen molar-refractivity contribution >= 4 is 16.2 Å². The number of ether oxygens (including phenoxy) is 1. The largest absolute Gasteiger partial charge is 0.480 e. The number of carboxylic acid groups (broad SMARTS) is 1. The van der Waals surface area contributed by atoms with Crippen molar-refractivity contribution in [3.63, 3.8) is 0 Å².